The van der Waals surface area contributed by atoms with Gasteiger partial charge in [-0.3, -0.25) is 4.79 Å². The van der Waals surface area contributed by atoms with E-state index in [0.29, 0.717) is 10.7 Å². The van der Waals surface area contributed by atoms with Gasteiger partial charge in [0.1, 0.15) is 6.04 Å². The molecule has 1 N–H and O–H groups in total. The number of hydrogen-bond donors (Lipinski definition) is 1. The Morgan fingerprint density at radius 3 is 2.81 bits per heavy atom. The number of thioether (sulfide) groups is 1. The van der Waals surface area contributed by atoms with E-state index in [1.165, 1.54) is 18.4 Å². The molecule has 0 radical (unpaired) electrons. The molecule has 8 heteroatoms. The highest BCUT2D eigenvalue weighted by atomic mass is 32.2. The highest BCUT2D eigenvalue weighted by molar-refractivity contribution is 7.98. The molecule has 3 aromatic rings. The zero-order valence-corrected chi connectivity index (χ0v) is 16.1. The Balaban J connectivity index is 1.80. The van der Waals surface area contributed by atoms with Crippen molar-refractivity contribution in [2.24, 2.45) is 0 Å². The molecule has 0 saturated carbocycles. The van der Waals surface area contributed by atoms with Gasteiger partial charge in [-0.05, 0) is 48.8 Å². The van der Waals surface area contributed by atoms with E-state index in [4.69, 9.17) is 4.74 Å². The first kappa shape index (κ1) is 18.5. The molecule has 3 rings (SSSR count). The number of methoxy groups -OCH3 is 1. The van der Waals surface area contributed by atoms with E-state index in [-0.39, 0.29) is 11.9 Å². The van der Waals surface area contributed by atoms with Crippen molar-refractivity contribution < 1.29 is 14.3 Å². The monoisotopic (exact) mass is 389 g/mol. The van der Waals surface area contributed by atoms with Crippen LogP contribution < -0.4 is 5.32 Å². The number of carbonyl (C=O) groups is 2. The molecular weight excluding hydrogens is 370 g/mol. The van der Waals surface area contributed by atoms with Crippen molar-refractivity contribution >= 4 is 50.3 Å². The molecule has 0 aliphatic rings. The molecule has 1 amide bonds. The number of esters is 1. The number of carbonyl (C=O) groups excluding carboxylic acids is 2. The molecule has 26 heavy (non-hydrogen) atoms. The van der Waals surface area contributed by atoms with Gasteiger partial charge in [-0.15, -0.1) is 0 Å². The summed E-state index contributed by atoms with van der Waals surface area (Å²) < 4.78 is 7.47. The van der Waals surface area contributed by atoms with Crippen molar-refractivity contribution in [2.75, 3.05) is 24.4 Å². The third-order valence-corrected chi connectivity index (χ3v) is 5.50. The van der Waals surface area contributed by atoms with Crippen LogP contribution in [0.25, 0.3) is 10.2 Å². The first-order valence-corrected chi connectivity index (χ1v) is 10.2. The van der Waals surface area contributed by atoms with Crippen LogP contribution in [0.1, 0.15) is 22.8 Å². The van der Waals surface area contributed by atoms with Gasteiger partial charge in [0, 0.05) is 12.4 Å². The molecule has 0 saturated heterocycles. The largest absolute Gasteiger partial charge is 0.465 e. The maximum absolute atomic E-state index is 12.8. The quantitative estimate of drug-likeness (QED) is 0.622. The minimum absolute atomic E-state index is 0.0949. The number of ether oxygens (including phenoxy) is 1. The highest BCUT2D eigenvalue weighted by Gasteiger charge is 2.21. The molecule has 1 unspecified atom stereocenters. The lowest BCUT2D eigenvalue weighted by Crippen LogP contribution is -2.25. The summed E-state index contributed by atoms with van der Waals surface area (Å²) in [7, 11) is 1.35. The lowest BCUT2D eigenvalue weighted by atomic mass is 10.2. The Morgan fingerprint density at radius 2 is 2.12 bits per heavy atom. The van der Waals surface area contributed by atoms with Gasteiger partial charge in [0.2, 0.25) is 5.91 Å². The number of aromatic nitrogens is 2. The first-order chi connectivity index (χ1) is 12.6. The van der Waals surface area contributed by atoms with Crippen LogP contribution in [0.5, 0.6) is 0 Å². The summed E-state index contributed by atoms with van der Waals surface area (Å²) in [6.07, 6.45) is 6.55. The summed E-state index contributed by atoms with van der Waals surface area (Å²) in [5, 5.41) is 3.44. The van der Waals surface area contributed by atoms with Crippen LogP contribution in [0.4, 0.5) is 5.13 Å². The average molecular weight is 390 g/mol. The number of amides is 1. The Hall–Kier alpha value is -2.32. The van der Waals surface area contributed by atoms with Crippen LogP contribution in [-0.4, -0.2) is 40.5 Å². The van der Waals surface area contributed by atoms with Crippen LogP contribution in [0.15, 0.2) is 42.7 Å². The third-order valence-electron chi connectivity index (χ3n) is 3.93. The molecule has 1 atom stereocenters. The Bertz CT molecular complexity index is 906. The smallest absolute Gasteiger partial charge is 0.337 e. The fourth-order valence-electron chi connectivity index (χ4n) is 2.61. The van der Waals surface area contributed by atoms with Gasteiger partial charge in [-0.2, -0.15) is 11.8 Å². The van der Waals surface area contributed by atoms with Gasteiger partial charge in [0.05, 0.1) is 22.9 Å². The zero-order valence-electron chi connectivity index (χ0n) is 14.5. The molecule has 0 bridgehead atoms. The third kappa shape index (κ3) is 4.08. The van der Waals surface area contributed by atoms with Gasteiger partial charge >= 0.3 is 5.97 Å². The van der Waals surface area contributed by atoms with E-state index in [2.05, 4.69) is 10.3 Å². The molecule has 2 aromatic heterocycles. The summed E-state index contributed by atoms with van der Waals surface area (Å²) in [6.45, 7) is 0. The number of anilines is 1. The Kier molecular flexibility index (Phi) is 5.95. The van der Waals surface area contributed by atoms with E-state index >= 15 is 0 Å². The second-order valence-corrected chi connectivity index (χ2v) is 7.63. The van der Waals surface area contributed by atoms with Crippen molar-refractivity contribution in [3.63, 3.8) is 0 Å². The van der Waals surface area contributed by atoms with Crippen LogP contribution >= 0.6 is 23.1 Å². The highest BCUT2D eigenvalue weighted by Crippen LogP contribution is 2.28. The maximum Gasteiger partial charge on any atom is 0.337 e. The van der Waals surface area contributed by atoms with Crippen molar-refractivity contribution in [3.8, 4) is 0 Å². The van der Waals surface area contributed by atoms with E-state index in [9.17, 15) is 9.59 Å². The Morgan fingerprint density at radius 1 is 1.35 bits per heavy atom. The first-order valence-electron chi connectivity index (χ1n) is 8.03. The van der Waals surface area contributed by atoms with Gasteiger partial charge in [-0.25, -0.2) is 9.78 Å². The molecule has 136 valence electrons. The number of fused-ring (bicyclic) bond motifs is 1. The minimum Gasteiger partial charge on any atom is -0.465 e. The molecule has 0 fully saturated rings. The number of nitrogens with zero attached hydrogens (tertiary/aromatic N) is 2. The van der Waals surface area contributed by atoms with Gasteiger partial charge in [0.15, 0.2) is 5.13 Å². The van der Waals surface area contributed by atoms with E-state index < -0.39 is 5.97 Å². The van der Waals surface area contributed by atoms with Crippen molar-refractivity contribution in [1.29, 1.82) is 0 Å². The molecular formula is C18H19N3O3S2. The molecule has 6 nitrogen and oxygen atoms in total. The van der Waals surface area contributed by atoms with Crippen molar-refractivity contribution in [1.82, 2.24) is 9.55 Å². The van der Waals surface area contributed by atoms with E-state index in [0.717, 1.165) is 22.4 Å². The summed E-state index contributed by atoms with van der Waals surface area (Å²) in [5.74, 6) is 0.400. The van der Waals surface area contributed by atoms with E-state index in [1.807, 2.05) is 35.3 Å². The average Bonchev–Trinajstić information content (AvgIpc) is 3.30. The number of hydrogen-bond acceptors (Lipinski definition) is 6. The fourth-order valence-corrected chi connectivity index (χ4v) is 3.98. The summed E-state index contributed by atoms with van der Waals surface area (Å²) in [6, 6.07) is 8.68. The van der Waals surface area contributed by atoms with Crippen molar-refractivity contribution in [2.45, 2.75) is 12.5 Å². The van der Waals surface area contributed by atoms with Gasteiger partial charge in [-0.1, -0.05) is 11.3 Å². The molecule has 0 aliphatic carbocycles. The molecule has 2 heterocycles. The van der Waals surface area contributed by atoms with E-state index in [1.54, 1.807) is 30.0 Å². The van der Waals surface area contributed by atoms with Crippen LogP contribution in [0.2, 0.25) is 0 Å². The summed E-state index contributed by atoms with van der Waals surface area (Å²) in [5.41, 5.74) is 1.20. The fraction of sp³-hybridized carbons (Fsp3) is 0.278. The van der Waals surface area contributed by atoms with Crippen LogP contribution in [0, 0.1) is 0 Å². The second kappa shape index (κ2) is 8.37. The Labute approximate surface area is 159 Å². The zero-order chi connectivity index (χ0) is 18.5. The number of benzene rings is 1. The van der Waals surface area contributed by atoms with Gasteiger partial charge in [0.25, 0.3) is 0 Å². The minimum atomic E-state index is -0.393. The predicted molar refractivity (Wildman–Crippen MR) is 106 cm³/mol. The number of nitrogens with one attached hydrogen (secondary N) is 1. The van der Waals surface area contributed by atoms with Crippen LogP contribution in [0.3, 0.4) is 0 Å². The SMILES string of the molecule is COC(=O)c1ccc2nc(NC(=O)C(CCSC)n3cccc3)sc2c1. The van der Waals surface area contributed by atoms with Crippen molar-refractivity contribution in [3.05, 3.63) is 48.3 Å². The number of thiazole rings is 1. The lowest BCUT2D eigenvalue weighted by molar-refractivity contribution is -0.119. The van der Waals surface area contributed by atoms with Crippen LogP contribution in [-0.2, 0) is 9.53 Å². The number of rotatable bonds is 7. The normalized spacial score (nSPS) is 12.1. The molecule has 0 spiro atoms. The summed E-state index contributed by atoms with van der Waals surface area (Å²) in [4.78, 5) is 28.9. The maximum atomic E-state index is 12.8. The van der Waals surface area contributed by atoms with Gasteiger partial charge < -0.3 is 14.6 Å². The molecule has 1 aromatic carbocycles. The topological polar surface area (TPSA) is 73.2 Å². The predicted octanol–water partition coefficient (Wildman–Crippen LogP) is 3.82. The second-order valence-electron chi connectivity index (χ2n) is 5.61. The summed E-state index contributed by atoms with van der Waals surface area (Å²) >= 11 is 3.05. The molecule has 0 aliphatic heterocycles. The lowest BCUT2D eigenvalue weighted by Gasteiger charge is -2.17. The standard InChI is InChI=1S/C18H19N3O3S2/c1-24-17(23)12-5-6-13-15(11-12)26-18(19-13)20-16(22)14(7-10-25-2)21-8-3-4-9-21/h3-6,8-9,11,14H,7,10H2,1-2H3,(H,19,20,22).